The second-order valence-electron chi connectivity index (χ2n) is 4.78. The number of carbonyl (C=O) groups is 2. The molecule has 0 N–H and O–H groups in total. The highest BCUT2D eigenvalue weighted by Gasteiger charge is 2.30. The number of aryl methyl sites for hydroxylation is 2. The second kappa shape index (κ2) is 6.43. The third-order valence-corrected chi connectivity index (χ3v) is 3.04. The van der Waals surface area contributed by atoms with Crippen molar-refractivity contribution in [2.75, 3.05) is 6.61 Å². The minimum absolute atomic E-state index is 0.247. The largest absolute Gasteiger partial charge is 0.466 e. The van der Waals surface area contributed by atoms with Gasteiger partial charge in [0.25, 0.3) is 0 Å². The number of ether oxygens (including phenoxy) is 1. The van der Waals surface area contributed by atoms with Gasteiger partial charge in [-0.1, -0.05) is 0 Å². The van der Waals surface area contributed by atoms with E-state index in [2.05, 4.69) is 0 Å². The van der Waals surface area contributed by atoms with Crippen LogP contribution in [-0.2, 0) is 14.3 Å². The molecule has 2 rings (SSSR count). The first kappa shape index (κ1) is 15.1. The smallest absolute Gasteiger partial charge is 0.313 e. The van der Waals surface area contributed by atoms with Crippen LogP contribution in [0.3, 0.4) is 0 Å². The molecule has 2 aromatic rings. The van der Waals surface area contributed by atoms with Crippen molar-refractivity contribution in [2.45, 2.75) is 33.1 Å². The van der Waals surface area contributed by atoms with Gasteiger partial charge in [0, 0.05) is 0 Å². The molecular weight excluding hydrogens is 272 g/mol. The van der Waals surface area contributed by atoms with Crippen molar-refractivity contribution in [3.05, 3.63) is 47.3 Å². The molecule has 2 heterocycles. The monoisotopic (exact) mass is 290 g/mol. The van der Waals surface area contributed by atoms with E-state index in [1.807, 2.05) is 0 Å². The first-order chi connectivity index (χ1) is 10.0. The van der Waals surface area contributed by atoms with Gasteiger partial charge in [-0.3, -0.25) is 9.59 Å². The predicted octanol–water partition coefficient (Wildman–Crippen LogP) is 3.14. The van der Waals surface area contributed by atoms with E-state index >= 15 is 0 Å². The fraction of sp³-hybridized carbons (Fsp3) is 0.375. The summed E-state index contributed by atoms with van der Waals surface area (Å²) in [5.74, 6) is 0.754. The molecule has 21 heavy (non-hydrogen) atoms. The van der Waals surface area contributed by atoms with Crippen LogP contribution in [0.15, 0.2) is 33.1 Å². The summed E-state index contributed by atoms with van der Waals surface area (Å²) in [5, 5.41) is 0. The molecule has 0 spiro atoms. The van der Waals surface area contributed by atoms with Gasteiger partial charge in [-0.2, -0.15) is 0 Å². The van der Waals surface area contributed by atoms with Gasteiger partial charge in [0.15, 0.2) is 5.78 Å². The summed E-state index contributed by atoms with van der Waals surface area (Å²) in [6.45, 7) is 5.54. The molecular formula is C16H18O5. The summed E-state index contributed by atoms with van der Waals surface area (Å²) in [6, 6.07) is 6.99. The van der Waals surface area contributed by atoms with Crippen LogP contribution >= 0.6 is 0 Å². The average molecular weight is 290 g/mol. The zero-order valence-corrected chi connectivity index (χ0v) is 12.3. The van der Waals surface area contributed by atoms with Crippen molar-refractivity contribution in [1.29, 1.82) is 0 Å². The molecule has 0 aliphatic heterocycles. The number of Topliss-reactive ketones (excluding diaryl/α,β-unsaturated/α-hetero) is 1. The molecule has 0 fully saturated rings. The minimum atomic E-state index is -0.725. The molecule has 0 unspecified atom stereocenters. The zero-order chi connectivity index (χ0) is 15.4. The SMILES string of the molecule is CCOC(=O)CC(=O)C(c1ccc(C)o1)c1ccc(C)o1. The van der Waals surface area contributed by atoms with Crippen molar-refractivity contribution in [3.63, 3.8) is 0 Å². The summed E-state index contributed by atoms with van der Waals surface area (Å²) in [4.78, 5) is 24.0. The first-order valence-corrected chi connectivity index (χ1v) is 6.82. The molecule has 0 amide bonds. The molecule has 5 nitrogen and oxygen atoms in total. The van der Waals surface area contributed by atoms with Gasteiger partial charge < -0.3 is 13.6 Å². The standard InChI is InChI=1S/C16H18O5/c1-4-19-15(18)9-12(17)16(13-7-5-10(2)20-13)14-8-6-11(3)21-14/h5-8,16H,4,9H2,1-3H3. The van der Waals surface area contributed by atoms with Gasteiger partial charge in [-0.05, 0) is 45.0 Å². The third kappa shape index (κ3) is 3.62. The Labute approximate surface area is 122 Å². The van der Waals surface area contributed by atoms with Crippen LogP contribution < -0.4 is 0 Å². The van der Waals surface area contributed by atoms with Gasteiger partial charge in [-0.25, -0.2) is 0 Å². The Hall–Kier alpha value is -2.30. The molecule has 0 atom stereocenters. The molecule has 0 aromatic carbocycles. The summed E-state index contributed by atoms with van der Waals surface area (Å²) in [6.07, 6.45) is -0.308. The second-order valence-corrected chi connectivity index (χ2v) is 4.78. The summed E-state index contributed by atoms with van der Waals surface area (Å²) in [7, 11) is 0. The number of furan rings is 2. The predicted molar refractivity (Wildman–Crippen MR) is 75.0 cm³/mol. The lowest BCUT2D eigenvalue weighted by atomic mass is 9.96. The number of carbonyl (C=O) groups excluding carboxylic acids is 2. The van der Waals surface area contributed by atoms with Gasteiger partial charge in [-0.15, -0.1) is 0 Å². The van der Waals surface area contributed by atoms with Crippen molar-refractivity contribution in [2.24, 2.45) is 0 Å². The van der Waals surface area contributed by atoms with E-state index in [-0.39, 0.29) is 18.8 Å². The van der Waals surface area contributed by atoms with Crippen LogP contribution in [0.5, 0.6) is 0 Å². The fourth-order valence-corrected chi connectivity index (χ4v) is 2.13. The van der Waals surface area contributed by atoms with E-state index in [0.29, 0.717) is 23.0 Å². The number of rotatable bonds is 6. The molecule has 0 aliphatic carbocycles. The molecule has 0 radical (unpaired) electrons. The Kier molecular flexibility index (Phi) is 4.62. The van der Waals surface area contributed by atoms with E-state index in [0.717, 1.165) is 0 Å². The molecule has 0 bridgehead atoms. The molecule has 112 valence electrons. The highest BCUT2D eigenvalue weighted by molar-refractivity contribution is 6.00. The summed E-state index contributed by atoms with van der Waals surface area (Å²) >= 11 is 0. The number of esters is 1. The van der Waals surface area contributed by atoms with Crippen molar-refractivity contribution >= 4 is 11.8 Å². The maximum absolute atomic E-state index is 12.4. The van der Waals surface area contributed by atoms with Crippen LogP contribution in [0.4, 0.5) is 0 Å². The van der Waals surface area contributed by atoms with E-state index in [1.165, 1.54) is 0 Å². The Bertz CT molecular complexity index is 594. The quantitative estimate of drug-likeness (QED) is 0.604. The van der Waals surface area contributed by atoms with Gasteiger partial charge in [0.1, 0.15) is 35.4 Å². The summed E-state index contributed by atoms with van der Waals surface area (Å²) < 4.78 is 15.9. The Morgan fingerprint density at radius 1 is 1.05 bits per heavy atom. The lowest BCUT2D eigenvalue weighted by Gasteiger charge is -2.11. The van der Waals surface area contributed by atoms with Crippen LogP contribution in [0.25, 0.3) is 0 Å². The molecule has 0 saturated carbocycles. The van der Waals surface area contributed by atoms with E-state index in [1.54, 1.807) is 45.0 Å². The van der Waals surface area contributed by atoms with Crippen LogP contribution in [0, 0.1) is 13.8 Å². The van der Waals surface area contributed by atoms with Gasteiger partial charge in [0.2, 0.25) is 0 Å². The molecule has 0 aliphatic rings. The lowest BCUT2D eigenvalue weighted by molar-refractivity contribution is -0.145. The van der Waals surface area contributed by atoms with Gasteiger partial charge >= 0.3 is 5.97 Å². The van der Waals surface area contributed by atoms with E-state index < -0.39 is 11.9 Å². The maximum atomic E-state index is 12.4. The summed E-state index contributed by atoms with van der Waals surface area (Å²) in [5.41, 5.74) is 0. The fourth-order valence-electron chi connectivity index (χ4n) is 2.13. The van der Waals surface area contributed by atoms with E-state index in [4.69, 9.17) is 13.6 Å². The Balaban J connectivity index is 2.28. The average Bonchev–Trinajstić information content (AvgIpc) is 3.00. The topological polar surface area (TPSA) is 69.7 Å². The Morgan fingerprint density at radius 3 is 1.95 bits per heavy atom. The highest BCUT2D eigenvalue weighted by atomic mass is 16.5. The van der Waals surface area contributed by atoms with Crippen molar-refractivity contribution in [3.8, 4) is 0 Å². The third-order valence-electron chi connectivity index (χ3n) is 3.04. The van der Waals surface area contributed by atoms with Crippen molar-refractivity contribution in [1.82, 2.24) is 0 Å². The van der Waals surface area contributed by atoms with Crippen LogP contribution in [0.1, 0.15) is 42.3 Å². The molecule has 2 aromatic heterocycles. The lowest BCUT2D eigenvalue weighted by Crippen LogP contribution is -2.18. The highest BCUT2D eigenvalue weighted by Crippen LogP contribution is 2.29. The minimum Gasteiger partial charge on any atom is -0.466 e. The first-order valence-electron chi connectivity index (χ1n) is 6.82. The normalized spacial score (nSPS) is 10.9. The van der Waals surface area contributed by atoms with Crippen LogP contribution in [-0.4, -0.2) is 18.4 Å². The Morgan fingerprint density at radius 2 is 1.57 bits per heavy atom. The number of hydrogen-bond acceptors (Lipinski definition) is 5. The number of hydrogen-bond donors (Lipinski definition) is 0. The molecule has 0 saturated heterocycles. The maximum Gasteiger partial charge on any atom is 0.313 e. The zero-order valence-electron chi connectivity index (χ0n) is 12.3. The van der Waals surface area contributed by atoms with Crippen LogP contribution in [0.2, 0.25) is 0 Å². The van der Waals surface area contributed by atoms with E-state index in [9.17, 15) is 9.59 Å². The van der Waals surface area contributed by atoms with Gasteiger partial charge in [0.05, 0.1) is 6.61 Å². The number of ketones is 1. The van der Waals surface area contributed by atoms with Crippen molar-refractivity contribution < 1.29 is 23.2 Å². The molecule has 5 heteroatoms.